The van der Waals surface area contributed by atoms with Crippen molar-refractivity contribution in [3.05, 3.63) is 92.9 Å². The summed E-state index contributed by atoms with van der Waals surface area (Å²) >= 11 is 3.41. The number of hydrogen-bond acceptors (Lipinski definition) is 9. The third kappa shape index (κ3) is 8.63. The summed E-state index contributed by atoms with van der Waals surface area (Å²) in [5.41, 5.74) is 19.7. The first-order valence-corrected chi connectivity index (χ1v) is 27.3. The molecule has 4 aliphatic rings. The number of aromatic nitrogens is 2. The molecule has 0 bridgehead atoms. The maximum absolute atomic E-state index is 14.2. The largest absolute Gasteiger partial charge is 0.495 e. The molecule has 0 unspecified atom stereocenters. The molecular weight excluding hydrogens is 913 g/mol. The van der Waals surface area contributed by atoms with Crippen molar-refractivity contribution in [2.45, 2.75) is 117 Å². The number of nitrogens with zero attached hydrogens (tertiary/aromatic N) is 4. The first kappa shape index (κ1) is 47.6. The van der Waals surface area contributed by atoms with Gasteiger partial charge in [-0.3, -0.25) is 14.3 Å². The molecule has 8 heterocycles. The van der Waals surface area contributed by atoms with Crippen LogP contribution in [0.15, 0.2) is 59.3 Å². The smallest absolute Gasteiger partial charge is 0.271 e. The molecule has 10 rings (SSSR count). The molecule has 0 aliphatic carbocycles. The van der Waals surface area contributed by atoms with Crippen LogP contribution in [0.2, 0.25) is 0 Å². The van der Waals surface area contributed by atoms with Crippen molar-refractivity contribution in [3.8, 4) is 54.9 Å². The van der Waals surface area contributed by atoms with Crippen LogP contribution in [0.25, 0.3) is 43.4 Å². The molecule has 360 valence electrons. The Kier molecular flexibility index (Phi) is 12.7. The Bertz CT molecular complexity index is 3020. The van der Waals surface area contributed by atoms with Crippen molar-refractivity contribution < 1.29 is 27.5 Å². The Balaban J connectivity index is 0.000000171. The number of nitrogens with two attached hydrogens (primary N) is 1. The monoisotopic (exact) mass is 976 g/mol. The van der Waals surface area contributed by atoms with E-state index >= 15 is 0 Å². The number of carbonyl (C=O) groups is 2. The molecule has 15 heteroatoms. The van der Waals surface area contributed by atoms with E-state index in [0.29, 0.717) is 23.7 Å². The topological polar surface area (TPSA) is 141 Å². The number of carbonyl (C=O) groups excluding carboxylic acids is 2. The van der Waals surface area contributed by atoms with Gasteiger partial charge in [-0.15, -0.1) is 22.7 Å². The third-order valence-corrected chi connectivity index (χ3v) is 16.2. The molecule has 0 radical (unpaired) electrons. The highest BCUT2D eigenvalue weighted by Gasteiger charge is 2.40. The van der Waals surface area contributed by atoms with Crippen molar-refractivity contribution in [1.82, 2.24) is 18.9 Å². The Morgan fingerprint density at radius 1 is 0.618 bits per heavy atom. The summed E-state index contributed by atoms with van der Waals surface area (Å²) < 4.78 is 42.4. The maximum Gasteiger partial charge on any atom is 0.271 e. The minimum absolute atomic E-state index is 0.0766. The number of fused-ring (bicyclic) bond motifs is 10. The summed E-state index contributed by atoms with van der Waals surface area (Å²) in [5, 5.41) is 4.18. The predicted octanol–water partition coefficient (Wildman–Crippen LogP) is 11.0. The number of amides is 2. The minimum atomic E-state index is -3.51. The number of benzene rings is 2. The fourth-order valence-corrected chi connectivity index (χ4v) is 12.9. The van der Waals surface area contributed by atoms with Crippen LogP contribution in [0.5, 0.6) is 11.5 Å². The molecule has 6 aromatic rings. The average molecular weight is 977 g/mol. The highest BCUT2D eigenvalue weighted by atomic mass is 32.2. The summed E-state index contributed by atoms with van der Waals surface area (Å²) in [5.74, 6) is 1.44. The zero-order chi connectivity index (χ0) is 48.4. The van der Waals surface area contributed by atoms with E-state index in [9.17, 15) is 18.0 Å². The van der Waals surface area contributed by atoms with E-state index in [0.717, 1.165) is 138 Å². The Morgan fingerprint density at radius 3 is 1.49 bits per heavy atom. The van der Waals surface area contributed by atoms with Gasteiger partial charge in [0.15, 0.2) is 0 Å². The molecule has 68 heavy (non-hydrogen) atoms. The lowest BCUT2D eigenvalue weighted by molar-refractivity contribution is 0.0549. The highest BCUT2D eigenvalue weighted by Crippen LogP contribution is 2.50. The zero-order valence-electron chi connectivity index (χ0n) is 40.8. The Labute approximate surface area is 409 Å². The van der Waals surface area contributed by atoms with Crippen LogP contribution >= 0.6 is 22.7 Å². The maximum atomic E-state index is 14.2. The van der Waals surface area contributed by atoms with Crippen molar-refractivity contribution in [3.63, 3.8) is 0 Å². The van der Waals surface area contributed by atoms with Crippen LogP contribution in [0.3, 0.4) is 0 Å². The fraction of sp³-hybridized carbons (Fsp3) is 0.434. The normalized spacial score (nSPS) is 16.1. The van der Waals surface area contributed by atoms with Crippen LogP contribution in [-0.4, -0.2) is 83.8 Å². The first-order valence-electron chi connectivity index (χ1n) is 23.7. The molecule has 2 aromatic carbocycles. The lowest BCUT2D eigenvalue weighted by Gasteiger charge is -2.37. The summed E-state index contributed by atoms with van der Waals surface area (Å²) in [6.45, 7) is 15.7. The molecule has 0 fully saturated rings. The second kappa shape index (κ2) is 18.1. The van der Waals surface area contributed by atoms with Gasteiger partial charge in [-0.2, -0.15) is 0 Å². The minimum Gasteiger partial charge on any atom is -0.495 e. The van der Waals surface area contributed by atoms with Gasteiger partial charge in [0.2, 0.25) is 10.0 Å². The van der Waals surface area contributed by atoms with Crippen molar-refractivity contribution in [2.24, 2.45) is 0 Å². The number of thiophene rings is 2. The highest BCUT2D eigenvalue weighted by molar-refractivity contribution is 7.92. The first-order chi connectivity index (χ1) is 32.3. The van der Waals surface area contributed by atoms with E-state index in [1.165, 1.54) is 21.6 Å². The molecule has 12 nitrogen and oxygen atoms in total. The van der Waals surface area contributed by atoms with Gasteiger partial charge in [-0.05, 0) is 162 Å². The van der Waals surface area contributed by atoms with E-state index in [2.05, 4.69) is 95.3 Å². The van der Waals surface area contributed by atoms with E-state index < -0.39 is 10.0 Å². The standard InChI is InChI=1S/C27H33N3O4S2.C26H31N3O2S/c1-27(2,3)30-12-7-6-9-18-23(22-10-8-14-35-22)24-19-16-20(28-36(5,32)33)21(34-4)15-17(19)11-13-29(24)25(18)26(30)31;1-26(2,3)29-11-6-5-8-17-22(21-9-7-13-32-21)23-18-15-19(27)20(31-4)14-16(18)10-12-28(23)24(17)25(29)30/h8,10,14-16,28H,6-7,9,11-13H2,1-5H3;7,9,13-15H,5-6,8,10-12,27H2,1-4H3. The molecule has 0 saturated heterocycles. The number of aryl methyl sites for hydroxylation is 2. The number of nitrogen functional groups attached to an aromatic ring is 1. The van der Waals surface area contributed by atoms with E-state index in [4.69, 9.17) is 15.2 Å². The lowest BCUT2D eigenvalue weighted by Crippen LogP contribution is -2.47. The Hall–Kier alpha value is -5.51. The van der Waals surface area contributed by atoms with Crippen molar-refractivity contribution in [1.29, 1.82) is 0 Å². The summed E-state index contributed by atoms with van der Waals surface area (Å²) in [6.07, 6.45) is 8.54. The van der Waals surface area contributed by atoms with Gasteiger partial charge in [0.05, 0.1) is 43.2 Å². The number of sulfonamides is 1. The van der Waals surface area contributed by atoms with Crippen LogP contribution < -0.4 is 19.9 Å². The van der Waals surface area contributed by atoms with Crippen LogP contribution in [0.1, 0.15) is 110 Å². The molecule has 3 N–H and O–H groups in total. The molecule has 2 amide bonds. The van der Waals surface area contributed by atoms with Gasteiger partial charge < -0.3 is 34.1 Å². The SMILES string of the molecule is COc1cc2c(cc1N)-c1c(-c3cccs3)c3c(n1CC2)C(=O)N(C(C)(C)C)CCCC3.COc1cc2c(cc1NS(C)(=O)=O)-c1c(-c3cccs3)c3c(n1CC2)C(=O)N(C(C)(C)C)CCCC3. The molecule has 4 aliphatic heterocycles. The number of hydrogen-bond donors (Lipinski definition) is 2. The second-order valence-corrected chi connectivity index (χ2v) is 24.0. The van der Waals surface area contributed by atoms with Gasteiger partial charge in [-0.25, -0.2) is 8.42 Å². The van der Waals surface area contributed by atoms with E-state index in [1.807, 2.05) is 29.2 Å². The molecular formula is C53H64N6O6S3. The van der Waals surface area contributed by atoms with Gasteiger partial charge in [-0.1, -0.05) is 12.1 Å². The number of methoxy groups -OCH3 is 2. The summed E-state index contributed by atoms with van der Waals surface area (Å²) in [4.78, 5) is 34.6. The van der Waals surface area contributed by atoms with Crippen LogP contribution in [0.4, 0.5) is 11.4 Å². The van der Waals surface area contributed by atoms with Gasteiger partial charge in [0.25, 0.3) is 11.8 Å². The summed E-state index contributed by atoms with van der Waals surface area (Å²) in [6, 6.07) is 16.3. The van der Waals surface area contributed by atoms with Gasteiger partial charge in [0, 0.05) is 69.3 Å². The van der Waals surface area contributed by atoms with Crippen LogP contribution in [-0.2, 0) is 48.8 Å². The van der Waals surface area contributed by atoms with Gasteiger partial charge >= 0.3 is 0 Å². The van der Waals surface area contributed by atoms with Crippen molar-refractivity contribution >= 4 is 55.9 Å². The fourth-order valence-electron chi connectivity index (χ4n) is 10.8. The number of anilines is 2. The van der Waals surface area contributed by atoms with E-state index in [1.54, 1.807) is 36.9 Å². The predicted molar refractivity (Wildman–Crippen MR) is 277 cm³/mol. The zero-order valence-corrected chi connectivity index (χ0v) is 43.2. The Morgan fingerprint density at radius 2 is 1.07 bits per heavy atom. The third-order valence-electron chi connectivity index (χ3n) is 13.8. The summed E-state index contributed by atoms with van der Waals surface area (Å²) in [7, 11) is -0.303. The number of rotatable bonds is 6. The molecule has 4 aromatic heterocycles. The van der Waals surface area contributed by atoms with E-state index in [-0.39, 0.29) is 22.9 Å². The lowest BCUT2D eigenvalue weighted by atomic mass is 9.92. The number of nitrogens with one attached hydrogen (secondary N) is 1. The second-order valence-electron chi connectivity index (χ2n) is 20.4. The molecule has 0 spiro atoms. The van der Waals surface area contributed by atoms with Crippen LogP contribution in [0, 0.1) is 0 Å². The quantitative estimate of drug-likeness (QED) is 0.158. The van der Waals surface area contributed by atoms with Gasteiger partial charge in [0.1, 0.15) is 22.9 Å². The average Bonchev–Trinajstić information content (AvgIpc) is 4.09. The van der Waals surface area contributed by atoms with Crippen molar-refractivity contribution in [2.75, 3.05) is 44.0 Å². The molecule has 0 saturated carbocycles. The number of ether oxygens (including phenoxy) is 2. The molecule has 0 atom stereocenters.